The van der Waals surface area contributed by atoms with Crippen LogP contribution in [0.4, 0.5) is 5.69 Å². The molecule has 0 fully saturated rings. The zero-order valence-electron chi connectivity index (χ0n) is 9.08. The van der Waals surface area contributed by atoms with Gasteiger partial charge in [-0.2, -0.15) is 5.26 Å². The van der Waals surface area contributed by atoms with Crippen molar-refractivity contribution in [2.45, 2.75) is 0 Å². The Morgan fingerprint density at radius 1 is 1.71 bits per heavy atom. The van der Waals surface area contributed by atoms with E-state index < -0.39 is 5.97 Å². The lowest BCUT2D eigenvalue weighted by Gasteiger charge is -2.11. The quantitative estimate of drug-likeness (QED) is 0.506. The van der Waals surface area contributed by atoms with Crippen LogP contribution in [0.15, 0.2) is 16.6 Å². The van der Waals surface area contributed by atoms with E-state index in [2.05, 4.69) is 26.0 Å². The molecule has 0 heterocycles. The fraction of sp³-hybridized carbons (Fsp3) is 0.182. The van der Waals surface area contributed by atoms with Crippen molar-refractivity contribution in [1.82, 2.24) is 0 Å². The Kier molecular flexibility index (Phi) is 4.67. The van der Waals surface area contributed by atoms with Crippen molar-refractivity contribution in [2.24, 2.45) is 0 Å². The summed E-state index contributed by atoms with van der Waals surface area (Å²) in [4.78, 5) is 11.5. The van der Waals surface area contributed by atoms with E-state index in [4.69, 9.17) is 10.7 Å². The normalized spacial score (nSPS) is 9.24. The number of carbonyl (C=O) groups is 1. The molecule has 0 atom stereocenters. The summed E-state index contributed by atoms with van der Waals surface area (Å²) in [6, 6.07) is 5.20. The molecule has 17 heavy (non-hydrogen) atoms. The molecule has 0 saturated carbocycles. The van der Waals surface area contributed by atoms with Gasteiger partial charge in [-0.25, -0.2) is 4.79 Å². The van der Waals surface area contributed by atoms with Crippen LogP contribution in [-0.4, -0.2) is 25.8 Å². The van der Waals surface area contributed by atoms with E-state index in [9.17, 15) is 4.79 Å². The number of halogens is 1. The number of ether oxygens (including phenoxy) is 1. The summed E-state index contributed by atoms with van der Waals surface area (Å²) in [6.45, 7) is 0.0951. The first-order chi connectivity index (χ1) is 8.13. The smallest absolute Gasteiger partial charge is 0.338 e. The van der Waals surface area contributed by atoms with Crippen LogP contribution in [0.1, 0.15) is 15.9 Å². The van der Waals surface area contributed by atoms with Gasteiger partial charge in [-0.3, -0.25) is 0 Å². The highest BCUT2D eigenvalue weighted by Gasteiger charge is 2.15. The molecule has 0 radical (unpaired) electrons. The molecule has 6 heteroatoms. The van der Waals surface area contributed by atoms with Gasteiger partial charge in [0.2, 0.25) is 0 Å². The van der Waals surface area contributed by atoms with E-state index in [1.807, 2.05) is 6.07 Å². The minimum absolute atomic E-state index is 0.0951. The number of methoxy groups -OCH3 is 1. The molecule has 5 nitrogen and oxygen atoms in total. The van der Waals surface area contributed by atoms with E-state index >= 15 is 0 Å². The second-order valence-corrected chi connectivity index (χ2v) is 3.98. The molecule has 2 N–H and O–H groups in total. The minimum atomic E-state index is -0.523. The van der Waals surface area contributed by atoms with Crippen molar-refractivity contribution in [3.8, 4) is 6.07 Å². The number of nitrogens with one attached hydrogen (secondary N) is 2. The van der Waals surface area contributed by atoms with Gasteiger partial charge in [0.1, 0.15) is 6.54 Å². The number of anilines is 1. The first kappa shape index (κ1) is 13.2. The lowest BCUT2D eigenvalue weighted by Crippen LogP contribution is -2.10. The summed E-state index contributed by atoms with van der Waals surface area (Å²) in [5.74, 6) is -0.523. The van der Waals surface area contributed by atoms with Crippen LogP contribution in [0, 0.1) is 16.7 Å². The first-order valence-corrected chi connectivity index (χ1v) is 5.46. The van der Waals surface area contributed by atoms with E-state index in [0.29, 0.717) is 15.7 Å². The predicted octanol–water partition coefficient (Wildman–Crippen LogP) is 2.17. The monoisotopic (exact) mass is 295 g/mol. The molecular formula is C11H10BrN3O2. The van der Waals surface area contributed by atoms with Crippen molar-refractivity contribution in [1.29, 1.82) is 10.7 Å². The van der Waals surface area contributed by atoms with Gasteiger partial charge in [0.25, 0.3) is 0 Å². The van der Waals surface area contributed by atoms with Crippen molar-refractivity contribution in [3.05, 3.63) is 27.7 Å². The molecule has 0 aromatic heterocycles. The van der Waals surface area contributed by atoms with Gasteiger partial charge in [0.15, 0.2) is 0 Å². The number of rotatable bonds is 4. The SMILES string of the molecule is COC(=O)c1cc(Br)cc(NCC#N)c1C=N. The highest BCUT2D eigenvalue weighted by molar-refractivity contribution is 9.10. The van der Waals surface area contributed by atoms with Crippen LogP contribution < -0.4 is 5.32 Å². The summed E-state index contributed by atoms with van der Waals surface area (Å²) in [5, 5.41) is 18.7. The Labute approximate surface area is 107 Å². The molecule has 0 unspecified atom stereocenters. The van der Waals surface area contributed by atoms with Crippen LogP contribution in [-0.2, 0) is 4.74 Å². The molecule has 1 aromatic rings. The number of carbonyl (C=O) groups excluding carboxylic acids is 1. The summed E-state index contributed by atoms with van der Waals surface area (Å²) in [7, 11) is 1.28. The van der Waals surface area contributed by atoms with Crippen molar-refractivity contribution in [2.75, 3.05) is 19.0 Å². The van der Waals surface area contributed by atoms with Crippen molar-refractivity contribution in [3.63, 3.8) is 0 Å². The van der Waals surface area contributed by atoms with Crippen LogP contribution in [0.5, 0.6) is 0 Å². The van der Waals surface area contributed by atoms with Crippen molar-refractivity contribution < 1.29 is 9.53 Å². The standard InChI is InChI=1S/C11H10BrN3O2/c1-17-11(16)8-4-7(12)5-10(9(8)6-14)15-3-2-13/h4-6,14-15H,3H2,1H3. The van der Waals surface area contributed by atoms with E-state index in [1.54, 1.807) is 12.1 Å². The van der Waals surface area contributed by atoms with E-state index in [1.165, 1.54) is 7.11 Å². The molecule has 0 aliphatic carbocycles. The number of esters is 1. The number of nitriles is 1. The molecule has 1 rings (SSSR count). The number of hydrogen-bond acceptors (Lipinski definition) is 5. The molecule has 1 aromatic carbocycles. The first-order valence-electron chi connectivity index (χ1n) is 4.67. The van der Waals surface area contributed by atoms with Gasteiger partial charge in [0, 0.05) is 21.9 Å². The Balaban J connectivity index is 3.30. The summed E-state index contributed by atoms with van der Waals surface area (Å²) < 4.78 is 5.31. The molecular weight excluding hydrogens is 286 g/mol. The largest absolute Gasteiger partial charge is 0.465 e. The van der Waals surface area contributed by atoms with Gasteiger partial charge in [-0.15, -0.1) is 0 Å². The minimum Gasteiger partial charge on any atom is -0.465 e. The maximum absolute atomic E-state index is 11.5. The summed E-state index contributed by atoms with van der Waals surface area (Å²) in [5.41, 5.74) is 1.21. The molecule has 0 saturated heterocycles. The highest BCUT2D eigenvalue weighted by atomic mass is 79.9. The lowest BCUT2D eigenvalue weighted by atomic mass is 10.1. The van der Waals surface area contributed by atoms with Crippen LogP contribution in [0.2, 0.25) is 0 Å². The molecule has 0 aliphatic heterocycles. The van der Waals surface area contributed by atoms with Crippen LogP contribution in [0.3, 0.4) is 0 Å². The Morgan fingerprint density at radius 2 is 2.41 bits per heavy atom. The summed E-state index contributed by atoms with van der Waals surface area (Å²) >= 11 is 3.26. The zero-order valence-corrected chi connectivity index (χ0v) is 10.7. The summed E-state index contributed by atoms with van der Waals surface area (Å²) in [6.07, 6.45) is 1.05. The van der Waals surface area contributed by atoms with Crippen LogP contribution >= 0.6 is 15.9 Å². The van der Waals surface area contributed by atoms with Gasteiger partial charge < -0.3 is 15.5 Å². The van der Waals surface area contributed by atoms with Gasteiger partial charge in [0.05, 0.1) is 18.7 Å². The molecule has 0 spiro atoms. The molecule has 0 aliphatic rings. The number of benzene rings is 1. The molecule has 88 valence electrons. The second kappa shape index (κ2) is 6.01. The predicted molar refractivity (Wildman–Crippen MR) is 67.5 cm³/mol. The lowest BCUT2D eigenvalue weighted by molar-refractivity contribution is 0.0600. The Bertz CT molecular complexity index is 494. The molecule has 0 bridgehead atoms. The third kappa shape index (κ3) is 3.04. The average molecular weight is 296 g/mol. The van der Waals surface area contributed by atoms with Gasteiger partial charge in [-0.1, -0.05) is 15.9 Å². The van der Waals surface area contributed by atoms with Crippen LogP contribution in [0.25, 0.3) is 0 Å². The van der Waals surface area contributed by atoms with E-state index in [0.717, 1.165) is 6.21 Å². The maximum Gasteiger partial charge on any atom is 0.338 e. The number of hydrogen-bond donors (Lipinski definition) is 2. The third-order valence-electron chi connectivity index (χ3n) is 2.05. The second-order valence-electron chi connectivity index (χ2n) is 3.06. The van der Waals surface area contributed by atoms with Gasteiger partial charge in [-0.05, 0) is 12.1 Å². The average Bonchev–Trinajstić information content (AvgIpc) is 2.34. The Morgan fingerprint density at radius 3 is 2.94 bits per heavy atom. The zero-order chi connectivity index (χ0) is 12.8. The van der Waals surface area contributed by atoms with E-state index in [-0.39, 0.29) is 12.1 Å². The third-order valence-corrected chi connectivity index (χ3v) is 2.51. The molecule has 0 amide bonds. The highest BCUT2D eigenvalue weighted by Crippen LogP contribution is 2.25. The van der Waals surface area contributed by atoms with Gasteiger partial charge >= 0.3 is 5.97 Å². The maximum atomic E-state index is 11.5. The Hall–Kier alpha value is -1.87. The fourth-order valence-electron chi connectivity index (χ4n) is 1.33. The topological polar surface area (TPSA) is 86.0 Å². The number of nitrogens with zero attached hydrogens (tertiary/aromatic N) is 1. The van der Waals surface area contributed by atoms with Crippen molar-refractivity contribution >= 4 is 33.8 Å². The fourth-order valence-corrected chi connectivity index (χ4v) is 1.79.